The maximum absolute atomic E-state index is 13.6. The monoisotopic (exact) mass is 299 g/mol. The SMILES string of the molecule is Cc1ccc(F)c(OCc2nc(-c3cccc(N)c3)no2)c1. The van der Waals surface area contributed by atoms with E-state index < -0.39 is 5.82 Å². The molecule has 1 heterocycles. The van der Waals surface area contributed by atoms with Crippen molar-refractivity contribution in [2.45, 2.75) is 13.5 Å². The Balaban J connectivity index is 1.73. The zero-order valence-electron chi connectivity index (χ0n) is 11.9. The lowest BCUT2D eigenvalue weighted by molar-refractivity contribution is 0.234. The van der Waals surface area contributed by atoms with Crippen LogP contribution < -0.4 is 10.5 Å². The van der Waals surface area contributed by atoms with Crippen LogP contribution in [0.15, 0.2) is 47.0 Å². The first kappa shape index (κ1) is 14.1. The van der Waals surface area contributed by atoms with Gasteiger partial charge in [-0.2, -0.15) is 4.98 Å². The molecule has 3 aromatic rings. The van der Waals surface area contributed by atoms with Crippen molar-refractivity contribution >= 4 is 5.69 Å². The summed E-state index contributed by atoms with van der Waals surface area (Å²) in [5.74, 6) is 0.402. The molecule has 0 unspecified atom stereocenters. The minimum Gasteiger partial charge on any atom is -0.481 e. The maximum Gasteiger partial charge on any atom is 0.264 e. The van der Waals surface area contributed by atoms with E-state index in [0.29, 0.717) is 11.5 Å². The molecule has 0 aliphatic rings. The van der Waals surface area contributed by atoms with E-state index in [1.807, 2.05) is 13.0 Å². The van der Waals surface area contributed by atoms with E-state index in [2.05, 4.69) is 10.1 Å². The summed E-state index contributed by atoms with van der Waals surface area (Å²) in [7, 11) is 0. The van der Waals surface area contributed by atoms with Gasteiger partial charge in [0.05, 0.1) is 0 Å². The molecule has 112 valence electrons. The highest BCUT2D eigenvalue weighted by Crippen LogP contribution is 2.21. The highest BCUT2D eigenvalue weighted by molar-refractivity contribution is 5.60. The maximum atomic E-state index is 13.6. The van der Waals surface area contributed by atoms with Crippen LogP contribution in [0.5, 0.6) is 5.75 Å². The molecule has 2 N–H and O–H groups in total. The topological polar surface area (TPSA) is 74.2 Å². The number of anilines is 1. The summed E-state index contributed by atoms with van der Waals surface area (Å²) in [4.78, 5) is 4.21. The second-order valence-electron chi connectivity index (χ2n) is 4.86. The van der Waals surface area contributed by atoms with Gasteiger partial charge in [-0.15, -0.1) is 0 Å². The third kappa shape index (κ3) is 3.06. The second kappa shape index (κ2) is 5.85. The van der Waals surface area contributed by atoms with Crippen molar-refractivity contribution in [3.63, 3.8) is 0 Å². The fraction of sp³-hybridized carbons (Fsp3) is 0.125. The second-order valence-corrected chi connectivity index (χ2v) is 4.86. The number of benzene rings is 2. The summed E-state index contributed by atoms with van der Waals surface area (Å²) in [6.07, 6.45) is 0. The number of hydrogen-bond acceptors (Lipinski definition) is 5. The molecule has 0 aliphatic heterocycles. The first-order valence-electron chi connectivity index (χ1n) is 6.69. The van der Waals surface area contributed by atoms with Crippen molar-refractivity contribution in [3.8, 4) is 17.1 Å². The lowest BCUT2D eigenvalue weighted by Crippen LogP contribution is -1.98. The van der Waals surface area contributed by atoms with E-state index in [0.717, 1.165) is 11.1 Å². The summed E-state index contributed by atoms with van der Waals surface area (Å²) in [5, 5.41) is 3.86. The number of halogens is 1. The number of aryl methyl sites for hydroxylation is 1. The molecule has 0 spiro atoms. The van der Waals surface area contributed by atoms with Gasteiger partial charge < -0.3 is 15.0 Å². The molecule has 0 bridgehead atoms. The van der Waals surface area contributed by atoms with Crippen molar-refractivity contribution in [2.75, 3.05) is 5.73 Å². The molecule has 0 saturated carbocycles. The van der Waals surface area contributed by atoms with Crippen LogP contribution in [0, 0.1) is 12.7 Å². The lowest BCUT2D eigenvalue weighted by Gasteiger charge is -2.05. The molecular formula is C16H14FN3O2. The Morgan fingerprint density at radius 2 is 2.09 bits per heavy atom. The van der Waals surface area contributed by atoms with Gasteiger partial charge in [-0.05, 0) is 36.8 Å². The first-order chi connectivity index (χ1) is 10.6. The van der Waals surface area contributed by atoms with E-state index >= 15 is 0 Å². The highest BCUT2D eigenvalue weighted by Gasteiger charge is 2.11. The van der Waals surface area contributed by atoms with Gasteiger partial charge in [-0.1, -0.05) is 23.4 Å². The molecule has 2 aromatic carbocycles. The van der Waals surface area contributed by atoms with Gasteiger partial charge in [0.25, 0.3) is 5.89 Å². The third-order valence-electron chi connectivity index (χ3n) is 3.05. The minimum atomic E-state index is -0.429. The number of hydrogen-bond donors (Lipinski definition) is 1. The zero-order chi connectivity index (χ0) is 15.5. The Morgan fingerprint density at radius 1 is 1.23 bits per heavy atom. The Labute approximate surface area is 126 Å². The van der Waals surface area contributed by atoms with Crippen LogP contribution in [-0.2, 0) is 6.61 Å². The van der Waals surface area contributed by atoms with Crippen molar-refractivity contribution in [1.82, 2.24) is 10.1 Å². The number of ether oxygens (including phenoxy) is 1. The smallest absolute Gasteiger partial charge is 0.264 e. The van der Waals surface area contributed by atoms with Crippen molar-refractivity contribution in [2.24, 2.45) is 0 Å². The molecule has 0 atom stereocenters. The van der Waals surface area contributed by atoms with Crippen LogP contribution in [0.3, 0.4) is 0 Å². The van der Waals surface area contributed by atoms with Crippen LogP contribution in [-0.4, -0.2) is 10.1 Å². The van der Waals surface area contributed by atoms with Gasteiger partial charge in [0, 0.05) is 11.3 Å². The average Bonchev–Trinajstić information content (AvgIpc) is 2.97. The minimum absolute atomic E-state index is 0.00428. The molecule has 3 rings (SSSR count). The summed E-state index contributed by atoms with van der Waals surface area (Å²) >= 11 is 0. The van der Waals surface area contributed by atoms with Gasteiger partial charge in [0.1, 0.15) is 0 Å². The zero-order valence-corrected chi connectivity index (χ0v) is 11.9. The van der Waals surface area contributed by atoms with Gasteiger partial charge in [0.2, 0.25) is 5.82 Å². The van der Waals surface area contributed by atoms with Gasteiger partial charge in [-0.3, -0.25) is 0 Å². The van der Waals surface area contributed by atoms with E-state index in [1.54, 1.807) is 30.3 Å². The number of nitrogen functional groups attached to an aromatic ring is 1. The lowest BCUT2D eigenvalue weighted by atomic mass is 10.2. The highest BCUT2D eigenvalue weighted by atomic mass is 19.1. The summed E-state index contributed by atoms with van der Waals surface area (Å²) in [6.45, 7) is 1.85. The molecule has 0 radical (unpaired) electrons. The van der Waals surface area contributed by atoms with Crippen molar-refractivity contribution in [1.29, 1.82) is 0 Å². The number of rotatable bonds is 4. The molecule has 22 heavy (non-hydrogen) atoms. The van der Waals surface area contributed by atoms with Gasteiger partial charge in [-0.25, -0.2) is 4.39 Å². The molecule has 0 aliphatic carbocycles. The fourth-order valence-electron chi connectivity index (χ4n) is 1.97. The molecule has 0 saturated heterocycles. The number of nitrogens with zero attached hydrogens (tertiary/aromatic N) is 2. The normalized spacial score (nSPS) is 10.6. The first-order valence-corrected chi connectivity index (χ1v) is 6.69. The van der Waals surface area contributed by atoms with E-state index in [1.165, 1.54) is 6.07 Å². The molecular weight excluding hydrogens is 285 g/mol. The standard InChI is InChI=1S/C16H14FN3O2/c1-10-5-6-13(17)14(7-10)21-9-15-19-16(20-22-15)11-3-2-4-12(18)8-11/h2-8H,9,18H2,1H3. The average molecular weight is 299 g/mol. The third-order valence-corrected chi connectivity index (χ3v) is 3.05. The number of aromatic nitrogens is 2. The Morgan fingerprint density at radius 3 is 2.91 bits per heavy atom. The van der Waals surface area contributed by atoms with E-state index in [4.69, 9.17) is 15.0 Å². The predicted octanol–water partition coefficient (Wildman–Crippen LogP) is 3.35. The Kier molecular flexibility index (Phi) is 3.74. The van der Waals surface area contributed by atoms with Crippen LogP contribution in [0.2, 0.25) is 0 Å². The van der Waals surface area contributed by atoms with Crippen LogP contribution >= 0.6 is 0 Å². The quantitative estimate of drug-likeness (QED) is 0.748. The molecule has 1 aromatic heterocycles. The van der Waals surface area contributed by atoms with Gasteiger partial charge >= 0.3 is 0 Å². The Bertz CT molecular complexity index is 802. The van der Waals surface area contributed by atoms with E-state index in [-0.39, 0.29) is 18.2 Å². The molecule has 5 nitrogen and oxygen atoms in total. The summed E-state index contributed by atoms with van der Waals surface area (Å²) < 4.78 is 24.1. The molecule has 6 heteroatoms. The van der Waals surface area contributed by atoms with Crippen LogP contribution in [0.4, 0.5) is 10.1 Å². The largest absolute Gasteiger partial charge is 0.481 e. The van der Waals surface area contributed by atoms with Crippen molar-refractivity contribution in [3.05, 3.63) is 59.7 Å². The molecule has 0 fully saturated rings. The Hall–Kier alpha value is -2.89. The van der Waals surface area contributed by atoms with Crippen LogP contribution in [0.25, 0.3) is 11.4 Å². The molecule has 0 amide bonds. The van der Waals surface area contributed by atoms with E-state index in [9.17, 15) is 4.39 Å². The predicted molar refractivity (Wildman–Crippen MR) is 79.6 cm³/mol. The fourth-order valence-corrected chi connectivity index (χ4v) is 1.97. The summed E-state index contributed by atoms with van der Waals surface area (Å²) in [5.41, 5.74) is 7.98. The van der Waals surface area contributed by atoms with Crippen molar-refractivity contribution < 1.29 is 13.7 Å². The van der Waals surface area contributed by atoms with Gasteiger partial charge in [0.15, 0.2) is 18.2 Å². The number of nitrogens with two attached hydrogens (primary N) is 1. The summed E-state index contributed by atoms with van der Waals surface area (Å²) in [6, 6.07) is 11.8. The van der Waals surface area contributed by atoms with Crippen LogP contribution in [0.1, 0.15) is 11.5 Å².